The van der Waals surface area contributed by atoms with E-state index in [1.54, 1.807) is 0 Å². The van der Waals surface area contributed by atoms with Gasteiger partial charge in [-0.05, 0) is 0 Å². The molecule has 0 aromatic rings. The number of nitrogens with one attached hydrogen (secondary N) is 1. The Labute approximate surface area is 234 Å². The first-order chi connectivity index (χ1) is 13.5. The van der Waals surface area contributed by atoms with Crippen LogP contribution in [0.25, 0.3) is 0 Å². The second kappa shape index (κ2) is 24.5. The van der Waals surface area contributed by atoms with Crippen LogP contribution in [0.3, 0.4) is 0 Å². The van der Waals surface area contributed by atoms with Gasteiger partial charge in [-0.15, -0.1) is 0 Å². The van der Waals surface area contributed by atoms with Crippen molar-refractivity contribution >= 4 is 49.1 Å². The molecular formula is C10H21Cl3EuN6O10P. The van der Waals surface area contributed by atoms with Gasteiger partial charge >= 0.3 is 49.4 Å². The van der Waals surface area contributed by atoms with Crippen molar-refractivity contribution in [1.82, 2.24) is 14.4 Å². The van der Waals surface area contributed by atoms with Crippen molar-refractivity contribution in [2.24, 2.45) is 0 Å². The first-order valence-corrected chi connectivity index (χ1v) is 10.0. The second-order valence-corrected chi connectivity index (χ2v) is 8.39. The number of halogens is 3. The minimum Gasteiger partial charge on any atom is -0.356 e. The smallest absolute Gasteiger partial charge is 0.356 e. The van der Waals surface area contributed by atoms with Crippen LogP contribution in [0.2, 0.25) is 0 Å². The van der Waals surface area contributed by atoms with Gasteiger partial charge in [-0.25, -0.2) is 0 Å². The molecular weight excluding hydrogens is 653 g/mol. The molecule has 31 heavy (non-hydrogen) atoms. The summed E-state index contributed by atoms with van der Waals surface area (Å²) in [5.74, 6) is -0.572. The number of carbonyl (C=O) groups is 1. The van der Waals surface area contributed by atoms with Crippen LogP contribution in [0, 0.1) is 95.3 Å². The molecule has 21 heteroatoms. The molecule has 0 aromatic heterocycles. The van der Waals surface area contributed by atoms with Crippen LogP contribution in [-0.2, 0) is 4.79 Å². The summed E-state index contributed by atoms with van der Waals surface area (Å²) in [7, 11) is -0.978. The summed E-state index contributed by atoms with van der Waals surface area (Å²) in [4.78, 5) is 36.6. The summed E-state index contributed by atoms with van der Waals surface area (Å²) < 4.78 is 2.41. The second-order valence-electron chi connectivity index (χ2n) is 4.18. The zero-order valence-corrected chi connectivity index (χ0v) is 22.2. The number of hydrogen-bond acceptors (Lipinski definition) is 12. The molecule has 0 aliphatic carbocycles. The van der Waals surface area contributed by atoms with Crippen LogP contribution in [0.15, 0.2) is 0 Å². The Balaban J connectivity index is -0.000000142. The molecule has 0 atom stereocenters. The fraction of sp³-hybridized carbons (Fsp3) is 0.900. The predicted molar refractivity (Wildman–Crippen MR) is 112 cm³/mol. The number of amides is 1. The van der Waals surface area contributed by atoms with E-state index in [0.717, 1.165) is 26.2 Å². The molecule has 0 spiro atoms. The minimum atomic E-state index is -1.92. The third-order valence-electron chi connectivity index (χ3n) is 2.45. The van der Waals surface area contributed by atoms with Crippen molar-refractivity contribution in [2.75, 3.05) is 26.2 Å². The third-order valence-corrected chi connectivity index (χ3v) is 5.58. The molecule has 0 bridgehead atoms. The Morgan fingerprint density at radius 2 is 0.968 bits per heavy atom. The van der Waals surface area contributed by atoms with Crippen LogP contribution < -0.4 is 5.09 Å². The van der Waals surface area contributed by atoms with Gasteiger partial charge in [0.1, 0.15) is 8.37 Å². The van der Waals surface area contributed by atoms with Crippen molar-refractivity contribution in [2.45, 2.75) is 31.5 Å². The largest absolute Gasteiger partial charge is 3.00 e. The van der Waals surface area contributed by atoms with Crippen LogP contribution in [0.4, 0.5) is 0 Å². The van der Waals surface area contributed by atoms with Crippen molar-refractivity contribution in [3.8, 4) is 0 Å². The fourth-order valence-electron chi connectivity index (χ4n) is 1.46. The molecule has 0 aromatic carbocycles. The van der Waals surface area contributed by atoms with Crippen LogP contribution >= 0.6 is 43.2 Å². The average molecular weight is 675 g/mol. The minimum absolute atomic E-state index is 0. The number of alkyl halides is 3. The molecule has 0 saturated heterocycles. The Morgan fingerprint density at radius 1 is 0.774 bits per heavy atom. The molecule has 0 aliphatic heterocycles. The molecule has 0 rings (SSSR count). The molecule has 0 heterocycles. The first-order valence-electron chi connectivity index (χ1n) is 7.63. The van der Waals surface area contributed by atoms with E-state index in [9.17, 15) is 4.79 Å². The van der Waals surface area contributed by atoms with Gasteiger partial charge in [-0.3, -0.25) is 14.1 Å². The van der Waals surface area contributed by atoms with Gasteiger partial charge in [0.25, 0.3) is 9.70 Å². The van der Waals surface area contributed by atoms with Gasteiger partial charge in [0.15, 0.2) is 0 Å². The number of hydrogen-bond donors (Lipinski definition) is 1. The molecule has 1 amide bonds. The Kier molecular flexibility index (Phi) is 32.5. The Bertz CT molecular complexity index is 461. The first kappa shape index (κ1) is 41.2. The summed E-state index contributed by atoms with van der Waals surface area (Å²) >= 11 is 16.8. The summed E-state index contributed by atoms with van der Waals surface area (Å²) in [6, 6.07) is 0. The van der Waals surface area contributed by atoms with E-state index in [-0.39, 0.29) is 49.4 Å². The quantitative estimate of drug-likeness (QED) is 0.178. The van der Waals surface area contributed by atoms with E-state index in [4.69, 9.17) is 80.8 Å². The van der Waals surface area contributed by atoms with E-state index in [1.807, 2.05) is 27.7 Å². The molecule has 0 fully saturated rings. The predicted octanol–water partition coefficient (Wildman–Crippen LogP) is 2.67. The SMILES string of the molecule is CCN(CC)P(NC(=O)C(Cl)(Cl)Cl)N(CC)CC.O=[N+]([O-])[O-].O=[N+]([O-])[O-].O=[N+]([O-])[O-].[Eu+3]. The van der Waals surface area contributed by atoms with Crippen molar-refractivity contribution in [1.29, 1.82) is 0 Å². The van der Waals surface area contributed by atoms with Gasteiger partial charge in [-0.2, -0.15) is 0 Å². The van der Waals surface area contributed by atoms with E-state index in [0.29, 0.717) is 0 Å². The van der Waals surface area contributed by atoms with E-state index in [1.165, 1.54) is 0 Å². The van der Waals surface area contributed by atoms with Gasteiger partial charge in [-0.1, -0.05) is 62.5 Å². The molecule has 0 aliphatic rings. The standard InChI is InChI=1S/C10H21Cl3N3OP.Eu.3NO3/c1-5-15(6-2)18(16(7-3)8-4)14-9(17)10(11,12)13;;3*2-1(3)4/h5-8H2,1-4H3,(H,14,17);;;;/q;+3;3*-1. The molecule has 0 saturated carbocycles. The molecule has 0 unspecified atom stereocenters. The van der Waals surface area contributed by atoms with Gasteiger partial charge < -0.3 is 51.1 Å². The molecule has 0 radical (unpaired) electrons. The fourth-order valence-corrected chi connectivity index (χ4v) is 3.86. The van der Waals surface area contributed by atoms with Crippen LogP contribution in [0.5, 0.6) is 0 Å². The summed E-state index contributed by atoms with van der Waals surface area (Å²) in [5.41, 5.74) is 0. The van der Waals surface area contributed by atoms with Gasteiger partial charge in [0.2, 0.25) is 0 Å². The Morgan fingerprint density at radius 3 is 1.10 bits per heavy atom. The molecule has 184 valence electrons. The molecule has 1 N–H and O–H groups in total. The topological polar surface area (TPSA) is 234 Å². The summed E-state index contributed by atoms with van der Waals surface area (Å²) in [5, 5.41) is 47.1. The van der Waals surface area contributed by atoms with Crippen LogP contribution in [0.1, 0.15) is 27.7 Å². The van der Waals surface area contributed by atoms with Crippen LogP contribution in [-0.4, -0.2) is 60.5 Å². The number of rotatable bonds is 7. The molecule has 16 nitrogen and oxygen atoms in total. The van der Waals surface area contributed by atoms with Crippen molar-refractivity contribution in [3.63, 3.8) is 0 Å². The summed E-state index contributed by atoms with van der Waals surface area (Å²) in [6.45, 7) is 11.5. The normalized spacial score (nSPS) is 9.61. The number of carbonyl (C=O) groups excluding carboxylic acids is 1. The third kappa shape index (κ3) is 34.7. The van der Waals surface area contributed by atoms with Crippen molar-refractivity contribution < 1.29 is 69.4 Å². The average Bonchev–Trinajstić information content (AvgIpc) is 2.54. The van der Waals surface area contributed by atoms with E-state index < -0.39 is 33.3 Å². The van der Waals surface area contributed by atoms with Gasteiger partial charge in [0, 0.05) is 26.2 Å². The maximum Gasteiger partial charge on any atom is 3.00 e. The monoisotopic (exact) mass is 674 g/mol. The number of nitrogens with zero attached hydrogens (tertiary/aromatic N) is 5. The zero-order chi connectivity index (χ0) is 25.1. The van der Waals surface area contributed by atoms with Gasteiger partial charge in [0.05, 0.1) is 15.3 Å². The maximum atomic E-state index is 11.8. The zero-order valence-electron chi connectivity index (χ0n) is 16.6. The van der Waals surface area contributed by atoms with E-state index >= 15 is 0 Å². The van der Waals surface area contributed by atoms with E-state index in [2.05, 4.69) is 14.4 Å². The Hall–Kier alpha value is -0.126. The summed E-state index contributed by atoms with van der Waals surface area (Å²) in [6.07, 6.45) is 0. The van der Waals surface area contributed by atoms with Crippen molar-refractivity contribution in [3.05, 3.63) is 46.0 Å². The maximum absolute atomic E-state index is 11.8.